The van der Waals surface area contributed by atoms with Crippen molar-refractivity contribution in [2.75, 3.05) is 10.0 Å². The minimum absolute atomic E-state index is 0.0926. The molecule has 0 bridgehead atoms. The lowest BCUT2D eigenvalue weighted by atomic mass is 10.2. The van der Waals surface area contributed by atoms with E-state index in [9.17, 15) is 13.2 Å². The molecule has 0 aliphatic rings. The normalized spacial score (nSPS) is 11.1. The number of amides is 1. The fraction of sp³-hybridized carbons (Fsp3) is 0.0500. The van der Waals surface area contributed by atoms with Gasteiger partial charge in [-0.1, -0.05) is 29.3 Å². The van der Waals surface area contributed by atoms with Gasteiger partial charge < -0.3 is 5.32 Å². The van der Waals surface area contributed by atoms with Gasteiger partial charge in [0.05, 0.1) is 4.90 Å². The monoisotopic (exact) mass is 434 g/mol. The standard InChI is InChI=1S/C20H16Cl2N2O3S/c1-13-2-7-17(12-19(13)22)23-20(25)14-3-8-16(9-4-14)24-28(26,27)18-10-5-15(21)6-11-18/h2-12,24H,1H3,(H,23,25). The van der Waals surface area contributed by atoms with E-state index >= 15 is 0 Å². The fourth-order valence-corrected chi connectivity index (χ4v) is 3.76. The molecule has 0 radical (unpaired) electrons. The third kappa shape index (κ3) is 4.84. The average molecular weight is 435 g/mol. The van der Waals surface area contributed by atoms with Crippen LogP contribution < -0.4 is 10.0 Å². The van der Waals surface area contributed by atoms with E-state index < -0.39 is 10.0 Å². The second-order valence-corrected chi connectivity index (χ2v) is 8.58. The second-order valence-electron chi connectivity index (χ2n) is 6.05. The molecule has 0 aromatic heterocycles. The Kier molecular flexibility index (Phi) is 5.93. The minimum atomic E-state index is -3.74. The highest BCUT2D eigenvalue weighted by Crippen LogP contribution is 2.22. The summed E-state index contributed by atoms with van der Waals surface area (Å²) in [5.41, 5.74) is 2.21. The highest BCUT2D eigenvalue weighted by molar-refractivity contribution is 7.92. The summed E-state index contributed by atoms with van der Waals surface area (Å²) in [7, 11) is -3.74. The predicted octanol–water partition coefficient (Wildman–Crippen LogP) is 5.35. The molecule has 28 heavy (non-hydrogen) atoms. The molecule has 0 fully saturated rings. The number of carbonyl (C=O) groups excluding carboxylic acids is 1. The molecule has 0 aliphatic heterocycles. The zero-order valence-electron chi connectivity index (χ0n) is 14.7. The predicted molar refractivity (Wildman–Crippen MR) is 113 cm³/mol. The van der Waals surface area contributed by atoms with Crippen molar-refractivity contribution in [1.82, 2.24) is 0 Å². The number of rotatable bonds is 5. The van der Waals surface area contributed by atoms with Crippen molar-refractivity contribution < 1.29 is 13.2 Å². The fourth-order valence-electron chi connectivity index (χ4n) is 2.39. The first kappa shape index (κ1) is 20.2. The third-order valence-corrected chi connectivity index (χ3v) is 6.01. The maximum absolute atomic E-state index is 12.4. The van der Waals surface area contributed by atoms with E-state index in [1.165, 1.54) is 48.5 Å². The first-order valence-corrected chi connectivity index (χ1v) is 10.4. The van der Waals surface area contributed by atoms with E-state index in [1.54, 1.807) is 12.1 Å². The van der Waals surface area contributed by atoms with E-state index in [0.29, 0.717) is 27.0 Å². The lowest BCUT2D eigenvalue weighted by Crippen LogP contribution is -2.14. The van der Waals surface area contributed by atoms with E-state index in [1.807, 2.05) is 13.0 Å². The van der Waals surface area contributed by atoms with Gasteiger partial charge in [-0.2, -0.15) is 0 Å². The first-order valence-electron chi connectivity index (χ1n) is 8.20. The molecule has 0 heterocycles. The lowest BCUT2D eigenvalue weighted by Gasteiger charge is -2.10. The number of nitrogens with one attached hydrogen (secondary N) is 2. The van der Waals surface area contributed by atoms with Crippen molar-refractivity contribution in [3.05, 3.63) is 87.9 Å². The van der Waals surface area contributed by atoms with Crippen LogP contribution in [0, 0.1) is 6.92 Å². The molecule has 3 aromatic carbocycles. The van der Waals surface area contributed by atoms with Gasteiger partial charge in [0, 0.05) is 27.0 Å². The molecule has 3 aromatic rings. The molecule has 3 rings (SSSR count). The molecule has 144 valence electrons. The largest absolute Gasteiger partial charge is 0.322 e. The summed E-state index contributed by atoms with van der Waals surface area (Å²) in [4.78, 5) is 12.4. The van der Waals surface area contributed by atoms with Crippen LogP contribution in [0.2, 0.25) is 10.0 Å². The topological polar surface area (TPSA) is 75.3 Å². The smallest absolute Gasteiger partial charge is 0.261 e. The highest BCUT2D eigenvalue weighted by atomic mass is 35.5. The van der Waals surface area contributed by atoms with E-state index in [0.717, 1.165) is 5.56 Å². The zero-order chi connectivity index (χ0) is 20.3. The van der Waals surface area contributed by atoms with Crippen LogP contribution in [0.5, 0.6) is 0 Å². The van der Waals surface area contributed by atoms with Crippen molar-refractivity contribution >= 4 is 50.5 Å². The van der Waals surface area contributed by atoms with Crippen molar-refractivity contribution in [1.29, 1.82) is 0 Å². The Morgan fingerprint density at radius 3 is 2.07 bits per heavy atom. The molecular formula is C20H16Cl2N2O3S. The van der Waals surface area contributed by atoms with Crippen molar-refractivity contribution in [2.45, 2.75) is 11.8 Å². The van der Waals surface area contributed by atoms with Crippen LogP contribution in [-0.4, -0.2) is 14.3 Å². The van der Waals surface area contributed by atoms with Gasteiger partial charge in [0.25, 0.3) is 15.9 Å². The Bertz CT molecular complexity index is 1110. The molecule has 8 heteroatoms. The molecule has 0 saturated carbocycles. The van der Waals surface area contributed by atoms with Crippen LogP contribution in [0.3, 0.4) is 0 Å². The number of aryl methyl sites for hydroxylation is 1. The number of hydrogen-bond donors (Lipinski definition) is 2. The Labute approximate surface area is 173 Å². The molecule has 0 saturated heterocycles. The van der Waals surface area contributed by atoms with Crippen LogP contribution in [-0.2, 0) is 10.0 Å². The molecule has 2 N–H and O–H groups in total. The number of halogens is 2. The number of carbonyl (C=O) groups is 1. The number of sulfonamides is 1. The minimum Gasteiger partial charge on any atom is -0.322 e. The van der Waals surface area contributed by atoms with Crippen LogP contribution in [0.4, 0.5) is 11.4 Å². The molecule has 5 nitrogen and oxygen atoms in total. The summed E-state index contributed by atoms with van der Waals surface area (Å²) < 4.78 is 27.2. The Balaban J connectivity index is 1.71. The Hall–Kier alpha value is -2.54. The van der Waals surface area contributed by atoms with Gasteiger partial charge in [-0.3, -0.25) is 9.52 Å². The summed E-state index contributed by atoms with van der Waals surface area (Å²) >= 11 is 11.8. The Morgan fingerprint density at radius 1 is 0.857 bits per heavy atom. The first-order chi connectivity index (χ1) is 13.2. The number of benzene rings is 3. The maximum atomic E-state index is 12.4. The van der Waals surface area contributed by atoms with E-state index in [-0.39, 0.29) is 10.8 Å². The third-order valence-electron chi connectivity index (χ3n) is 3.95. The summed E-state index contributed by atoms with van der Waals surface area (Å²) in [6.45, 7) is 1.87. The summed E-state index contributed by atoms with van der Waals surface area (Å²) in [6, 6.07) is 17.2. The SMILES string of the molecule is Cc1ccc(NC(=O)c2ccc(NS(=O)(=O)c3ccc(Cl)cc3)cc2)cc1Cl. The number of anilines is 2. The van der Waals surface area contributed by atoms with Crippen LogP contribution >= 0.6 is 23.2 Å². The van der Waals surface area contributed by atoms with Gasteiger partial charge in [-0.05, 0) is 73.2 Å². The van der Waals surface area contributed by atoms with Crippen LogP contribution in [0.1, 0.15) is 15.9 Å². The molecule has 0 aliphatic carbocycles. The van der Waals surface area contributed by atoms with Crippen molar-refractivity contribution in [2.24, 2.45) is 0 Å². The van der Waals surface area contributed by atoms with Crippen LogP contribution in [0.15, 0.2) is 71.6 Å². The number of hydrogen-bond acceptors (Lipinski definition) is 3. The summed E-state index contributed by atoms with van der Waals surface area (Å²) in [6.07, 6.45) is 0. The Morgan fingerprint density at radius 2 is 1.46 bits per heavy atom. The molecule has 1 amide bonds. The molecule has 0 atom stereocenters. The van der Waals surface area contributed by atoms with Crippen LogP contribution in [0.25, 0.3) is 0 Å². The van der Waals surface area contributed by atoms with Gasteiger partial charge in [-0.15, -0.1) is 0 Å². The van der Waals surface area contributed by atoms with Gasteiger partial charge in [0.1, 0.15) is 0 Å². The average Bonchev–Trinajstić information content (AvgIpc) is 2.65. The quantitative estimate of drug-likeness (QED) is 0.567. The zero-order valence-corrected chi connectivity index (χ0v) is 17.1. The van der Waals surface area contributed by atoms with Crippen molar-refractivity contribution in [3.63, 3.8) is 0 Å². The van der Waals surface area contributed by atoms with E-state index in [4.69, 9.17) is 23.2 Å². The van der Waals surface area contributed by atoms with E-state index in [2.05, 4.69) is 10.0 Å². The molecule has 0 unspecified atom stereocenters. The summed E-state index contributed by atoms with van der Waals surface area (Å²) in [5, 5.41) is 3.76. The van der Waals surface area contributed by atoms with Gasteiger partial charge >= 0.3 is 0 Å². The molecular weight excluding hydrogens is 419 g/mol. The second kappa shape index (κ2) is 8.22. The summed E-state index contributed by atoms with van der Waals surface area (Å²) in [5.74, 6) is -0.327. The van der Waals surface area contributed by atoms with Gasteiger partial charge in [0.2, 0.25) is 0 Å². The maximum Gasteiger partial charge on any atom is 0.261 e. The highest BCUT2D eigenvalue weighted by Gasteiger charge is 2.14. The van der Waals surface area contributed by atoms with Gasteiger partial charge in [-0.25, -0.2) is 8.42 Å². The lowest BCUT2D eigenvalue weighted by molar-refractivity contribution is 0.102. The van der Waals surface area contributed by atoms with Crippen molar-refractivity contribution in [3.8, 4) is 0 Å². The van der Waals surface area contributed by atoms with Gasteiger partial charge in [0.15, 0.2) is 0 Å². The molecule has 0 spiro atoms.